The van der Waals surface area contributed by atoms with Gasteiger partial charge in [0, 0.05) is 29.1 Å². The van der Waals surface area contributed by atoms with Crippen molar-refractivity contribution in [2.45, 2.75) is 45.6 Å². The summed E-state index contributed by atoms with van der Waals surface area (Å²) in [5.74, 6) is -0.229. The van der Waals surface area contributed by atoms with Gasteiger partial charge in [-0.15, -0.1) is 0 Å². The van der Waals surface area contributed by atoms with Crippen LogP contribution in [0.4, 0.5) is 0 Å². The van der Waals surface area contributed by atoms with Crippen LogP contribution in [-0.4, -0.2) is 22.0 Å². The van der Waals surface area contributed by atoms with E-state index in [2.05, 4.69) is 24.1 Å². The average molecular weight is 428 g/mol. The van der Waals surface area contributed by atoms with Crippen molar-refractivity contribution in [3.8, 4) is 0 Å². The van der Waals surface area contributed by atoms with Crippen molar-refractivity contribution in [2.24, 2.45) is 0 Å². The first kappa shape index (κ1) is 21.8. The van der Waals surface area contributed by atoms with Gasteiger partial charge in [-0.05, 0) is 55.7 Å². The molecule has 1 amide bonds. The summed E-state index contributed by atoms with van der Waals surface area (Å²) < 4.78 is 1.40. The number of carbonyl (C=O) groups is 1. The number of benzene rings is 2. The second-order valence-corrected chi connectivity index (χ2v) is 7.85. The number of carbonyl (C=O) groups excluding carboxylic acids is 1. The molecule has 6 nitrogen and oxygen atoms in total. The van der Waals surface area contributed by atoms with Crippen molar-refractivity contribution in [2.75, 3.05) is 6.54 Å². The summed E-state index contributed by atoms with van der Waals surface area (Å²) in [6.45, 7) is 6.86. The lowest BCUT2D eigenvalue weighted by Gasteiger charge is -2.32. The predicted molar refractivity (Wildman–Crippen MR) is 121 cm³/mol. The minimum absolute atomic E-state index is 0.200. The minimum Gasteiger partial charge on any atom is -0.351 e. The van der Waals surface area contributed by atoms with Crippen LogP contribution in [0.2, 0.25) is 5.02 Å². The molecular weight excluding hydrogens is 402 g/mol. The Morgan fingerprint density at radius 2 is 1.73 bits per heavy atom. The zero-order valence-electron chi connectivity index (χ0n) is 17.4. The predicted octanol–water partition coefficient (Wildman–Crippen LogP) is 3.85. The first-order chi connectivity index (χ1) is 14.3. The lowest BCUT2D eigenvalue weighted by Crippen LogP contribution is -2.40. The molecule has 0 bridgehead atoms. The summed E-state index contributed by atoms with van der Waals surface area (Å²) in [5.41, 5.74) is 1.12. The summed E-state index contributed by atoms with van der Waals surface area (Å²) in [5, 5.41) is 3.72. The average Bonchev–Trinajstić information content (AvgIpc) is 2.76. The number of hydrogen-bond donors (Lipinski definition) is 2. The van der Waals surface area contributed by atoms with Gasteiger partial charge in [-0.2, -0.15) is 0 Å². The monoisotopic (exact) mass is 427 g/mol. The quantitative estimate of drug-likeness (QED) is 0.561. The Kier molecular flexibility index (Phi) is 6.46. The molecule has 1 heterocycles. The standard InChI is InChI=1S/C23H26ClN3O3/c1-4-23(5-2,16-8-10-17(24)11-9-16)14-25-20(28)15-7-12-19-18(13-15)26-21(29)22(30)27(19)6-3/h7-13H,4-6,14H2,1-3H3,(H,25,28)(H,26,29). The molecule has 0 fully saturated rings. The highest BCUT2D eigenvalue weighted by atomic mass is 35.5. The molecule has 0 spiro atoms. The van der Waals surface area contributed by atoms with Gasteiger partial charge in [0.25, 0.3) is 5.91 Å². The largest absolute Gasteiger partial charge is 0.351 e. The van der Waals surface area contributed by atoms with Gasteiger partial charge >= 0.3 is 11.1 Å². The molecule has 30 heavy (non-hydrogen) atoms. The fourth-order valence-corrected chi connectivity index (χ4v) is 4.03. The Labute approximate surface area is 179 Å². The van der Waals surface area contributed by atoms with E-state index >= 15 is 0 Å². The normalized spacial score (nSPS) is 11.6. The van der Waals surface area contributed by atoms with Crippen molar-refractivity contribution in [1.82, 2.24) is 14.9 Å². The Balaban J connectivity index is 1.88. The highest BCUT2D eigenvalue weighted by Crippen LogP contribution is 2.32. The molecule has 3 aromatic rings. The van der Waals surface area contributed by atoms with Crippen LogP contribution in [0.3, 0.4) is 0 Å². The molecule has 0 aliphatic rings. The maximum atomic E-state index is 12.9. The van der Waals surface area contributed by atoms with E-state index in [4.69, 9.17) is 11.6 Å². The number of aromatic nitrogens is 2. The van der Waals surface area contributed by atoms with Crippen molar-refractivity contribution < 1.29 is 4.79 Å². The van der Waals surface area contributed by atoms with Crippen molar-refractivity contribution in [3.05, 3.63) is 79.3 Å². The Morgan fingerprint density at radius 3 is 2.33 bits per heavy atom. The SMILES string of the molecule is CCn1c(=O)c(=O)[nH]c2cc(C(=O)NCC(CC)(CC)c3ccc(Cl)cc3)ccc21. The second kappa shape index (κ2) is 8.88. The van der Waals surface area contributed by atoms with Crippen LogP contribution >= 0.6 is 11.6 Å². The van der Waals surface area contributed by atoms with Gasteiger partial charge in [-0.3, -0.25) is 14.4 Å². The third-order valence-electron chi connectivity index (χ3n) is 5.95. The lowest BCUT2D eigenvalue weighted by atomic mass is 9.75. The number of amides is 1. The number of H-pyrrole nitrogens is 1. The number of fused-ring (bicyclic) bond motifs is 1. The van der Waals surface area contributed by atoms with Crippen LogP contribution in [0, 0.1) is 0 Å². The number of nitrogens with zero attached hydrogens (tertiary/aromatic N) is 1. The van der Waals surface area contributed by atoms with E-state index in [-0.39, 0.29) is 11.3 Å². The summed E-state index contributed by atoms with van der Waals surface area (Å²) in [6.07, 6.45) is 1.72. The maximum absolute atomic E-state index is 12.9. The molecule has 0 radical (unpaired) electrons. The first-order valence-corrected chi connectivity index (χ1v) is 10.5. The zero-order chi connectivity index (χ0) is 21.9. The van der Waals surface area contributed by atoms with E-state index in [1.165, 1.54) is 4.57 Å². The zero-order valence-corrected chi connectivity index (χ0v) is 18.2. The Morgan fingerprint density at radius 1 is 1.07 bits per heavy atom. The molecule has 0 atom stereocenters. The molecule has 0 unspecified atom stereocenters. The molecule has 3 rings (SSSR count). The number of hydrogen-bond acceptors (Lipinski definition) is 3. The molecule has 0 saturated carbocycles. The molecule has 2 aromatic carbocycles. The van der Waals surface area contributed by atoms with Crippen LogP contribution in [0.1, 0.15) is 49.5 Å². The van der Waals surface area contributed by atoms with E-state index < -0.39 is 11.1 Å². The molecule has 0 aliphatic heterocycles. The number of aromatic amines is 1. The first-order valence-electron chi connectivity index (χ1n) is 10.2. The van der Waals surface area contributed by atoms with E-state index in [0.29, 0.717) is 34.7 Å². The van der Waals surface area contributed by atoms with Crippen LogP contribution in [0.25, 0.3) is 11.0 Å². The Bertz CT molecular complexity index is 1180. The van der Waals surface area contributed by atoms with Gasteiger partial charge in [-0.25, -0.2) is 0 Å². The molecule has 1 aromatic heterocycles. The van der Waals surface area contributed by atoms with E-state index in [0.717, 1.165) is 18.4 Å². The fraction of sp³-hybridized carbons (Fsp3) is 0.348. The van der Waals surface area contributed by atoms with Crippen molar-refractivity contribution in [3.63, 3.8) is 0 Å². The number of rotatable bonds is 7. The maximum Gasteiger partial charge on any atom is 0.316 e. The van der Waals surface area contributed by atoms with Gasteiger partial charge in [0.15, 0.2) is 0 Å². The van der Waals surface area contributed by atoms with Crippen molar-refractivity contribution >= 4 is 28.5 Å². The van der Waals surface area contributed by atoms with E-state index in [9.17, 15) is 14.4 Å². The minimum atomic E-state index is -0.694. The molecule has 7 heteroatoms. The second-order valence-electron chi connectivity index (χ2n) is 7.41. The molecular formula is C23H26ClN3O3. The van der Waals surface area contributed by atoms with E-state index in [1.807, 2.05) is 24.3 Å². The third kappa shape index (κ3) is 4.05. The van der Waals surface area contributed by atoms with Gasteiger partial charge in [-0.1, -0.05) is 37.6 Å². The van der Waals surface area contributed by atoms with Crippen LogP contribution in [-0.2, 0) is 12.0 Å². The number of aryl methyl sites for hydroxylation is 1. The van der Waals surface area contributed by atoms with Gasteiger partial charge < -0.3 is 14.9 Å². The summed E-state index contributed by atoms with van der Waals surface area (Å²) in [6, 6.07) is 12.7. The highest BCUT2D eigenvalue weighted by Gasteiger charge is 2.29. The molecule has 0 saturated heterocycles. The number of nitrogens with one attached hydrogen (secondary N) is 2. The molecule has 0 aliphatic carbocycles. The van der Waals surface area contributed by atoms with Crippen molar-refractivity contribution in [1.29, 1.82) is 0 Å². The van der Waals surface area contributed by atoms with Crippen LogP contribution in [0.5, 0.6) is 0 Å². The van der Waals surface area contributed by atoms with Gasteiger partial charge in [0.1, 0.15) is 0 Å². The molecule has 158 valence electrons. The van der Waals surface area contributed by atoms with Crippen LogP contribution in [0.15, 0.2) is 52.1 Å². The van der Waals surface area contributed by atoms with Crippen LogP contribution < -0.4 is 16.4 Å². The molecule has 2 N–H and O–H groups in total. The van der Waals surface area contributed by atoms with Gasteiger partial charge in [0.2, 0.25) is 0 Å². The lowest BCUT2D eigenvalue weighted by molar-refractivity contribution is 0.0941. The third-order valence-corrected chi connectivity index (χ3v) is 6.20. The fourth-order valence-electron chi connectivity index (χ4n) is 3.90. The Hall–Kier alpha value is -2.86. The smallest absolute Gasteiger partial charge is 0.316 e. The highest BCUT2D eigenvalue weighted by molar-refractivity contribution is 6.30. The topological polar surface area (TPSA) is 84.0 Å². The van der Waals surface area contributed by atoms with Gasteiger partial charge in [0.05, 0.1) is 11.0 Å². The number of halogens is 1. The summed E-state index contributed by atoms with van der Waals surface area (Å²) in [7, 11) is 0. The van der Waals surface area contributed by atoms with E-state index in [1.54, 1.807) is 25.1 Å². The summed E-state index contributed by atoms with van der Waals surface area (Å²) in [4.78, 5) is 39.3. The summed E-state index contributed by atoms with van der Waals surface area (Å²) >= 11 is 6.03.